The summed E-state index contributed by atoms with van der Waals surface area (Å²) >= 11 is 0. The first kappa shape index (κ1) is 31.5. The maximum absolute atomic E-state index is 5.15. The standard InChI is InChI=1S/C31H39N3.CH3.Fe/c1-7-9-18-28(33-30-22(3)14-11-15-23(30)4)26-20-13-21-27(32-26)29(19-10-8-2)34-31-24(5)16-12-17-25(31)6;;/h11-17,20-21H,7-10,18-19H2,1-6H3;1H3;/q;-1;. The SMILES string of the molecule is CCCCC(=Nc1c(C)cccc1C)c1cccc(C(CCCC)=Nc2c(C)cccc2C)n1.[CH3-].[Fe]. The molecule has 0 saturated carbocycles. The number of hydrogen-bond acceptors (Lipinski definition) is 3. The Kier molecular flexibility index (Phi) is 13.6. The molecule has 0 aliphatic carbocycles. The van der Waals surface area contributed by atoms with Crippen molar-refractivity contribution in [2.75, 3.05) is 0 Å². The molecule has 0 saturated heterocycles. The predicted octanol–water partition coefficient (Wildman–Crippen LogP) is 9.39. The van der Waals surface area contributed by atoms with Crippen molar-refractivity contribution in [1.29, 1.82) is 0 Å². The smallest absolute Gasteiger partial charge is 0.0852 e. The number of aliphatic imine (C=N–C) groups is 2. The number of benzene rings is 2. The first-order valence-corrected chi connectivity index (χ1v) is 12.7. The van der Waals surface area contributed by atoms with Gasteiger partial charge < -0.3 is 7.43 Å². The molecule has 0 N–H and O–H groups in total. The first-order valence-electron chi connectivity index (χ1n) is 12.7. The summed E-state index contributed by atoms with van der Waals surface area (Å²) in [6, 6.07) is 19.0. The molecule has 0 fully saturated rings. The number of hydrogen-bond donors (Lipinski definition) is 0. The molecule has 1 aromatic heterocycles. The average molecular weight is 525 g/mol. The van der Waals surface area contributed by atoms with Gasteiger partial charge in [-0.1, -0.05) is 69.2 Å². The van der Waals surface area contributed by atoms with Gasteiger partial charge in [0, 0.05) is 17.1 Å². The van der Waals surface area contributed by atoms with E-state index < -0.39 is 0 Å². The summed E-state index contributed by atoms with van der Waals surface area (Å²) in [6.07, 6.45) is 6.27. The zero-order chi connectivity index (χ0) is 24.5. The Bertz CT molecular complexity index is 1050. The van der Waals surface area contributed by atoms with Crippen molar-refractivity contribution in [2.24, 2.45) is 9.98 Å². The minimum Gasteiger partial charge on any atom is -0.358 e. The summed E-state index contributed by atoms with van der Waals surface area (Å²) < 4.78 is 0. The van der Waals surface area contributed by atoms with Crippen LogP contribution in [0.15, 0.2) is 64.6 Å². The number of aryl methyl sites for hydroxylation is 4. The summed E-state index contributed by atoms with van der Waals surface area (Å²) in [5.74, 6) is 0. The Morgan fingerprint density at radius 1 is 0.611 bits per heavy atom. The van der Waals surface area contributed by atoms with E-state index in [1.165, 1.54) is 22.3 Å². The molecule has 4 heteroatoms. The normalized spacial score (nSPS) is 11.6. The van der Waals surface area contributed by atoms with Crippen LogP contribution in [-0.2, 0) is 17.1 Å². The molecule has 0 amide bonds. The third-order valence-electron chi connectivity index (χ3n) is 6.25. The van der Waals surface area contributed by atoms with E-state index in [1.54, 1.807) is 0 Å². The van der Waals surface area contributed by atoms with E-state index in [9.17, 15) is 0 Å². The summed E-state index contributed by atoms with van der Waals surface area (Å²) in [7, 11) is 0. The van der Waals surface area contributed by atoms with Gasteiger partial charge in [0.25, 0.3) is 0 Å². The van der Waals surface area contributed by atoms with Crippen LogP contribution < -0.4 is 0 Å². The van der Waals surface area contributed by atoms with Crippen LogP contribution in [0.4, 0.5) is 11.4 Å². The van der Waals surface area contributed by atoms with Gasteiger partial charge in [-0.2, -0.15) is 0 Å². The summed E-state index contributed by atoms with van der Waals surface area (Å²) in [5, 5.41) is 0. The Morgan fingerprint density at radius 3 is 1.28 bits per heavy atom. The molecule has 36 heavy (non-hydrogen) atoms. The van der Waals surface area contributed by atoms with Crippen LogP contribution in [0.2, 0.25) is 0 Å². The molecule has 3 rings (SSSR count). The van der Waals surface area contributed by atoms with Crippen LogP contribution in [0.5, 0.6) is 0 Å². The molecular weight excluding hydrogens is 482 g/mol. The Morgan fingerprint density at radius 2 is 0.944 bits per heavy atom. The minimum atomic E-state index is 0. The molecule has 0 unspecified atom stereocenters. The number of nitrogens with zero attached hydrogens (tertiary/aromatic N) is 3. The van der Waals surface area contributed by atoms with Crippen molar-refractivity contribution < 1.29 is 17.1 Å². The topological polar surface area (TPSA) is 37.6 Å². The van der Waals surface area contributed by atoms with Crippen LogP contribution in [0, 0.1) is 35.1 Å². The van der Waals surface area contributed by atoms with E-state index in [0.29, 0.717) is 0 Å². The maximum atomic E-state index is 5.15. The van der Waals surface area contributed by atoms with Crippen LogP contribution in [0.25, 0.3) is 0 Å². The number of para-hydroxylation sites is 2. The molecular formula is C32H42FeN3-. The summed E-state index contributed by atoms with van der Waals surface area (Å²) in [6.45, 7) is 13.0. The van der Waals surface area contributed by atoms with Gasteiger partial charge in [0.1, 0.15) is 0 Å². The molecule has 0 aliphatic rings. The average Bonchev–Trinajstić information content (AvgIpc) is 2.83. The third-order valence-corrected chi connectivity index (χ3v) is 6.25. The largest absolute Gasteiger partial charge is 0.358 e. The van der Waals surface area contributed by atoms with Crippen LogP contribution in [0.3, 0.4) is 0 Å². The molecule has 1 heterocycles. The second-order valence-corrected chi connectivity index (χ2v) is 9.21. The van der Waals surface area contributed by atoms with Crippen molar-refractivity contribution in [1.82, 2.24) is 4.98 Å². The first-order chi connectivity index (χ1) is 16.4. The molecule has 3 nitrogen and oxygen atoms in total. The van der Waals surface area contributed by atoms with E-state index in [0.717, 1.165) is 72.7 Å². The van der Waals surface area contributed by atoms with E-state index in [4.69, 9.17) is 15.0 Å². The fourth-order valence-corrected chi connectivity index (χ4v) is 4.16. The van der Waals surface area contributed by atoms with Crippen molar-refractivity contribution in [3.8, 4) is 0 Å². The van der Waals surface area contributed by atoms with Gasteiger partial charge in [0.2, 0.25) is 0 Å². The number of pyridine rings is 1. The van der Waals surface area contributed by atoms with Gasteiger partial charge >= 0.3 is 0 Å². The third kappa shape index (κ3) is 8.25. The second-order valence-electron chi connectivity index (χ2n) is 9.21. The van der Waals surface area contributed by atoms with Gasteiger partial charge in [-0.3, -0.25) is 9.98 Å². The fraction of sp³-hybridized carbons (Fsp3) is 0.375. The minimum absolute atomic E-state index is 0. The van der Waals surface area contributed by atoms with Gasteiger partial charge in [-0.05, 0) is 87.8 Å². The number of rotatable bonds is 10. The zero-order valence-electron chi connectivity index (χ0n) is 23.1. The quantitative estimate of drug-likeness (QED) is 0.148. The molecule has 0 spiro atoms. The number of aromatic nitrogens is 1. The maximum Gasteiger partial charge on any atom is 0.0852 e. The fourth-order valence-electron chi connectivity index (χ4n) is 4.16. The van der Waals surface area contributed by atoms with E-state index in [1.807, 2.05) is 0 Å². The van der Waals surface area contributed by atoms with Crippen molar-refractivity contribution in [3.05, 3.63) is 95.7 Å². The van der Waals surface area contributed by atoms with Crippen LogP contribution in [-0.4, -0.2) is 16.4 Å². The van der Waals surface area contributed by atoms with Crippen molar-refractivity contribution in [2.45, 2.75) is 80.1 Å². The molecule has 194 valence electrons. The summed E-state index contributed by atoms with van der Waals surface area (Å²) in [5.41, 5.74) is 11.0. The Hall–Kier alpha value is -2.55. The van der Waals surface area contributed by atoms with Crippen molar-refractivity contribution in [3.63, 3.8) is 0 Å². The summed E-state index contributed by atoms with van der Waals surface area (Å²) in [4.78, 5) is 15.4. The van der Waals surface area contributed by atoms with E-state index in [2.05, 4.69) is 96.1 Å². The molecule has 0 aliphatic heterocycles. The second kappa shape index (κ2) is 15.5. The Balaban J connectivity index is 0.00000324. The van der Waals surface area contributed by atoms with Crippen molar-refractivity contribution >= 4 is 22.8 Å². The molecule has 0 radical (unpaired) electrons. The molecule has 2 aromatic carbocycles. The monoisotopic (exact) mass is 524 g/mol. The molecule has 0 atom stereocenters. The number of unbranched alkanes of at least 4 members (excludes halogenated alkanes) is 2. The Labute approximate surface area is 230 Å². The van der Waals surface area contributed by atoms with Gasteiger partial charge in [-0.15, -0.1) is 0 Å². The van der Waals surface area contributed by atoms with Gasteiger partial charge in [0.15, 0.2) is 0 Å². The van der Waals surface area contributed by atoms with Crippen LogP contribution >= 0.6 is 0 Å². The van der Waals surface area contributed by atoms with E-state index >= 15 is 0 Å². The molecule has 0 bridgehead atoms. The van der Waals surface area contributed by atoms with Gasteiger partial charge in [0.05, 0.1) is 34.2 Å². The van der Waals surface area contributed by atoms with E-state index in [-0.39, 0.29) is 24.5 Å². The van der Waals surface area contributed by atoms with Crippen LogP contribution in [0.1, 0.15) is 86.0 Å². The predicted molar refractivity (Wildman–Crippen MR) is 154 cm³/mol. The molecule has 3 aromatic rings. The van der Waals surface area contributed by atoms with Gasteiger partial charge in [-0.25, -0.2) is 4.98 Å². The zero-order valence-corrected chi connectivity index (χ0v) is 24.2.